The van der Waals surface area contributed by atoms with Gasteiger partial charge >= 0.3 is 0 Å². The van der Waals surface area contributed by atoms with Crippen LogP contribution in [0.15, 0.2) is 35.1 Å². The molecule has 0 atom stereocenters. The standard InChI is InChI=1S/C20H19Cl2N3O3/c1-9(2)8-24-20(28)10-3-4-15-12(5-10)18(26)19(27)17(25-15)11-6-13(21)16(23)14(22)7-11/h3-7,9,27H,8,23H2,1-2H3,(H,24,28)(H,25,26). The zero-order chi connectivity index (χ0) is 20.6. The maximum atomic E-state index is 12.7. The normalized spacial score (nSPS) is 11.2. The Morgan fingerprint density at radius 3 is 2.46 bits per heavy atom. The van der Waals surface area contributed by atoms with Crippen LogP contribution in [0.2, 0.25) is 10.0 Å². The number of halogens is 2. The van der Waals surface area contributed by atoms with Crippen LogP contribution in [0.3, 0.4) is 0 Å². The third-order valence-corrected chi connectivity index (χ3v) is 4.90. The second-order valence-corrected chi connectivity index (χ2v) is 7.71. The van der Waals surface area contributed by atoms with E-state index in [1.807, 2.05) is 13.8 Å². The lowest BCUT2D eigenvalue weighted by Crippen LogP contribution is -2.27. The van der Waals surface area contributed by atoms with Crippen LogP contribution < -0.4 is 16.5 Å². The predicted octanol–water partition coefficient (Wildman–Crippen LogP) is 4.18. The first-order chi connectivity index (χ1) is 13.2. The fourth-order valence-corrected chi connectivity index (χ4v) is 3.24. The van der Waals surface area contributed by atoms with Gasteiger partial charge in [0.2, 0.25) is 5.43 Å². The summed E-state index contributed by atoms with van der Waals surface area (Å²) in [4.78, 5) is 28.0. The quantitative estimate of drug-likeness (QED) is 0.475. The number of fused-ring (bicyclic) bond motifs is 1. The van der Waals surface area contributed by atoms with Gasteiger partial charge in [0, 0.05) is 17.7 Å². The number of benzene rings is 2. The second-order valence-electron chi connectivity index (χ2n) is 6.90. The number of pyridine rings is 1. The number of hydrogen-bond acceptors (Lipinski definition) is 4. The molecule has 0 fully saturated rings. The predicted molar refractivity (Wildman–Crippen MR) is 113 cm³/mol. The Labute approximate surface area is 171 Å². The molecule has 1 amide bonds. The van der Waals surface area contributed by atoms with E-state index in [2.05, 4.69) is 10.3 Å². The van der Waals surface area contributed by atoms with Crippen LogP contribution >= 0.6 is 23.2 Å². The number of aromatic hydroxyl groups is 1. The molecule has 3 aromatic rings. The Morgan fingerprint density at radius 1 is 1.21 bits per heavy atom. The summed E-state index contributed by atoms with van der Waals surface area (Å²) in [6, 6.07) is 7.69. The highest BCUT2D eigenvalue weighted by molar-refractivity contribution is 6.39. The minimum Gasteiger partial charge on any atom is -0.503 e. The van der Waals surface area contributed by atoms with E-state index < -0.39 is 11.2 Å². The van der Waals surface area contributed by atoms with Crippen molar-refractivity contribution in [2.24, 2.45) is 5.92 Å². The minimum atomic E-state index is -0.605. The van der Waals surface area contributed by atoms with E-state index in [0.29, 0.717) is 29.1 Å². The molecule has 0 aliphatic rings. The smallest absolute Gasteiger partial charge is 0.251 e. The number of H-pyrrole nitrogens is 1. The van der Waals surface area contributed by atoms with Gasteiger partial charge in [0.15, 0.2) is 5.75 Å². The van der Waals surface area contributed by atoms with Gasteiger partial charge in [-0.25, -0.2) is 0 Å². The number of amides is 1. The summed E-state index contributed by atoms with van der Waals surface area (Å²) < 4.78 is 0. The number of anilines is 1. The highest BCUT2D eigenvalue weighted by Gasteiger charge is 2.17. The van der Waals surface area contributed by atoms with E-state index in [1.165, 1.54) is 18.2 Å². The Balaban J connectivity index is 2.10. The van der Waals surface area contributed by atoms with E-state index in [0.717, 1.165) is 0 Å². The number of aromatic amines is 1. The molecule has 0 aliphatic carbocycles. The van der Waals surface area contributed by atoms with Gasteiger partial charge in [-0.15, -0.1) is 0 Å². The van der Waals surface area contributed by atoms with Gasteiger partial charge in [0.05, 0.1) is 32.3 Å². The van der Waals surface area contributed by atoms with Crippen molar-refractivity contribution in [3.05, 3.63) is 56.2 Å². The van der Waals surface area contributed by atoms with Gasteiger partial charge in [0.1, 0.15) is 0 Å². The molecule has 0 radical (unpaired) electrons. The highest BCUT2D eigenvalue weighted by atomic mass is 35.5. The maximum Gasteiger partial charge on any atom is 0.251 e. The molecule has 0 bridgehead atoms. The van der Waals surface area contributed by atoms with Crippen molar-refractivity contribution >= 4 is 45.7 Å². The number of aromatic nitrogens is 1. The third kappa shape index (κ3) is 3.79. The molecule has 0 unspecified atom stereocenters. The van der Waals surface area contributed by atoms with Crippen molar-refractivity contribution in [1.29, 1.82) is 0 Å². The monoisotopic (exact) mass is 419 g/mol. The number of rotatable bonds is 4. The number of nitrogens with two attached hydrogens (primary N) is 1. The molecule has 0 saturated carbocycles. The molecule has 28 heavy (non-hydrogen) atoms. The van der Waals surface area contributed by atoms with Crippen LogP contribution in [-0.4, -0.2) is 22.5 Å². The average molecular weight is 420 g/mol. The van der Waals surface area contributed by atoms with Crippen molar-refractivity contribution < 1.29 is 9.90 Å². The SMILES string of the molecule is CC(C)CNC(=O)c1ccc2[nH]c(-c3cc(Cl)c(N)c(Cl)c3)c(O)c(=O)c2c1. The molecule has 1 aromatic heterocycles. The Morgan fingerprint density at radius 2 is 1.86 bits per heavy atom. The van der Waals surface area contributed by atoms with E-state index in [4.69, 9.17) is 28.9 Å². The van der Waals surface area contributed by atoms with E-state index in [-0.39, 0.29) is 32.7 Å². The van der Waals surface area contributed by atoms with Crippen LogP contribution in [0.5, 0.6) is 5.75 Å². The maximum absolute atomic E-state index is 12.7. The number of carbonyl (C=O) groups is 1. The summed E-state index contributed by atoms with van der Waals surface area (Å²) >= 11 is 12.1. The summed E-state index contributed by atoms with van der Waals surface area (Å²) in [5.74, 6) is -0.474. The molecule has 1 heterocycles. The Kier molecular flexibility index (Phi) is 5.54. The van der Waals surface area contributed by atoms with E-state index in [1.54, 1.807) is 12.1 Å². The third-order valence-electron chi connectivity index (χ3n) is 4.28. The molecular formula is C20H19Cl2N3O3. The van der Waals surface area contributed by atoms with Crippen molar-refractivity contribution in [3.63, 3.8) is 0 Å². The van der Waals surface area contributed by atoms with Crippen molar-refractivity contribution in [2.45, 2.75) is 13.8 Å². The molecule has 6 nitrogen and oxygen atoms in total. The summed E-state index contributed by atoms with van der Waals surface area (Å²) in [6.45, 7) is 4.50. The molecule has 8 heteroatoms. The van der Waals surface area contributed by atoms with Gasteiger partial charge in [0.25, 0.3) is 5.91 Å². The molecular weight excluding hydrogens is 401 g/mol. The largest absolute Gasteiger partial charge is 0.503 e. The lowest BCUT2D eigenvalue weighted by Gasteiger charge is -2.11. The number of carbonyl (C=O) groups excluding carboxylic acids is 1. The molecule has 0 aliphatic heterocycles. The summed E-state index contributed by atoms with van der Waals surface area (Å²) in [6.07, 6.45) is 0. The van der Waals surface area contributed by atoms with Crippen molar-refractivity contribution in [3.8, 4) is 17.0 Å². The molecule has 0 spiro atoms. The van der Waals surface area contributed by atoms with Gasteiger partial charge in [-0.2, -0.15) is 0 Å². The molecule has 5 N–H and O–H groups in total. The fraction of sp³-hybridized carbons (Fsp3) is 0.200. The summed E-state index contributed by atoms with van der Waals surface area (Å²) in [5.41, 5.74) is 6.73. The van der Waals surface area contributed by atoms with Gasteiger partial charge in [-0.1, -0.05) is 37.0 Å². The minimum absolute atomic E-state index is 0.165. The van der Waals surface area contributed by atoms with Crippen LogP contribution in [-0.2, 0) is 0 Å². The summed E-state index contributed by atoms with van der Waals surface area (Å²) in [5, 5.41) is 13.9. The topological polar surface area (TPSA) is 108 Å². The van der Waals surface area contributed by atoms with Gasteiger partial charge < -0.3 is 21.1 Å². The van der Waals surface area contributed by atoms with E-state index >= 15 is 0 Å². The lowest BCUT2D eigenvalue weighted by molar-refractivity contribution is 0.0949. The molecule has 146 valence electrons. The van der Waals surface area contributed by atoms with E-state index in [9.17, 15) is 14.7 Å². The molecule has 0 saturated heterocycles. The number of hydrogen-bond donors (Lipinski definition) is 4. The van der Waals surface area contributed by atoms with Crippen molar-refractivity contribution in [2.75, 3.05) is 12.3 Å². The zero-order valence-electron chi connectivity index (χ0n) is 15.3. The Bertz CT molecular complexity index is 1120. The van der Waals surface area contributed by atoms with Crippen LogP contribution in [0.25, 0.3) is 22.2 Å². The first-order valence-corrected chi connectivity index (χ1v) is 9.36. The number of nitrogen functional groups attached to an aromatic ring is 1. The average Bonchev–Trinajstić information content (AvgIpc) is 2.66. The second kappa shape index (κ2) is 7.73. The highest BCUT2D eigenvalue weighted by Crippen LogP contribution is 2.35. The van der Waals surface area contributed by atoms with Crippen LogP contribution in [0.4, 0.5) is 5.69 Å². The molecule has 3 rings (SSSR count). The summed E-state index contributed by atoms with van der Waals surface area (Å²) in [7, 11) is 0. The zero-order valence-corrected chi connectivity index (χ0v) is 16.8. The molecule has 2 aromatic carbocycles. The van der Waals surface area contributed by atoms with Gasteiger partial charge in [-0.05, 0) is 36.2 Å². The first kappa shape index (κ1) is 20.0. The number of nitrogens with one attached hydrogen (secondary N) is 2. The lowest BCUT2D eigenvalue weighted by atomic mass is 10.1. The van der Waals surface area contributed by atoms with Gasteiger partial charge in [-0.3, -0.25) is 9.59 Å². The Hall–Kier alpha value is -2.70. The van der Waals surface area contributed by atoms with Crippen LogP contribution in [0, 0.1) is 5.92 Å². The fourth-order valence-electron chi connectivity index (χ4n) is 2.75. The first-order valence-electron chi connectivity index (χ1n) is 8.61. The van der Waals surface area contributed by atoms with Crippen molar-refractivity contribution in [1.82, 2.24) is 10.3 Å². The van der Waals surface area contributed by atoms with Crippen LogP contribution in [0.1, 0.15) is 24.2 Å².